The highest BCUT2D eigenvalue weighted by Gasteiger charge is 2.10. The first-order valence-electron chi connectivity index (χ1n) is 5.59. The molecule has 1 aromatic rings. The van der Waals surface area contributed by atoms with Gasteiger partial charge < -0.3 is 10.2 Å². The summed E-state index contributed by atoms with van der Waals surface area (Å²) >= 11 is 0. The van der Waals surface area contributed by atoms with Gasteiger partial charge in [-0.1, -0.05) is 6.08 Å². The quantitative estimate of drug-likeness (QED) is 0.793. The predicted octanol–water partition coefficient (Wildman–Crippen LogP) is 2.16. The van der Waals surface area contributed by atoms with E-state index < -0.39 is 0 Å². The summed E-state index contributed by atoms with van der Waals surface area (Å²) in [5.41, 5.74) is 1.35. The molecule has 0 fully saturated rings. The Labute approximate surface area is 102 Å². The Morgan fingerprint density at radius 2 is 2.35 bits per heavy atom. The van der Waals surface area contributed by atoms with Crippen molar-refractivity contribution in [2.75, 3.05) is 19.4 Å². The summed E-state index contributed by atoms with van der Waals surface area (Å²) in [4.78, 5) is 17.3. The molecule has 1 heterocycles. The van der Waals surface area contributed by atoms with Crippen LogP contribution in [0.1, 0.15) is 23.8 Å². The molecule has 0 aromatic carbocycles. The first-order valence-corrected chi connectivity index (χ1v) is 5.59. The fraction of sp³-hybridized carbons (Fsp3) is 0.385. The van der Waals surface area contributed by atoms with Crippen LogP contribution in [-0.2, 0) is 0 Å². The second-order valence-corrected chi connectivity index (χ2v) is 4.20. The van der Waals surface area contributed by atoms with Crippen molar-refractivity contribution in [2.24, 2.45) is 0 Å². The third-order valence-corrected chi connectivity index (χ3v) is 2.32. The number of aromatic nitrogens is 1. The molecule has 4 heteroatoms. The molecule has 1 atom stereocenters. The average Bonchev–Trinajstić information content (AvgIpc) is 2.28. The Kier molecular flexibility index (Phi) is 4.69. The van der Waals surface area contributed by atoms with Crippen molar-refractivity contribution >= 4 is 11.6 Å². The molecule has 4 nitrogen and oxygen atoms in total. The average molecular weight is 233 g/mol. The van der Waals surface area contributed by atoms with Gasteiger partial charge in [-0.15, -0.1) is 6.58 Å². The second-order valence-electron chi connectivity index (χ2n) is 4.20. The van der Waals surface area contributed by atoms with Crippen molar-refractivity contribution in [3.05, 3.63) is 36.7 Å². The maximum Gasteiger partial charge on any atom is 0.272 e. The van der Waals surface area contributed by atoms with Gasteiger partial charge in [0.1, 0.15) is 5.69 Å². The normalized spacial score (nSPS) is 11.7. The van der Waals surface area contributed by atoms with E-state index in [2.05, 4.69) is 23.8 Å². The molecule has 0 aliphatic rings. The Morgan fingerprint density at radius 3 is 2.94 bits per heavy atom. The lowest BCUT2D eigenvalue weighted by Crippen LogP contribution is -2.23. The zero-order chi connectivity index (χ0) is 12.8. The largest absolute Gasteiger partial charge is 0.382 e. The van der Waals surface area contributed by atoms with Crippen LogP contribution in [0.4, 0.5) is 5.69 Å². The molecule has 92 valence electrons. The van der Waals surface area contributed by atoms with Crippen molar-refractivity contribution in [1.29, 1.82) is 0 Å². The minimum absolute atomic E-state index is 0.0926. The van der Waals surface area contributed by atoms with Crippen molar-refractivity contribution in [1.82, 2.24) is 9.88 Å². The summed E-state index contributed by atoms with van der Waals surface area (Å²) in [7, 11) is 3.43. The maximum absolute atomic E-state index is 11.7. The Bertz CT molecular complexity index is 401. The molecular formula is C13H19N3O. The molecule has 1 N–H and O–H groups in total. The van der Waals surface area contributed by atoms with E-state index in [0.717, 1.165) is 12.1 Å². The highest BCUT2D eigenvalue weighted by atomic mass is 16.2. The smallest absolute Gasteiger partial charge is 0.272 e. The van der Waals surface area contributed by atoms with Crippen molar-refractivity contribution in [3.8, 4) is 0 Å². The fourth-order valence-corrected chi connectivity index (χ4v) is 1.46. The number of carbonyl (C=O) groups excluding carboxylic acids is 1. The summed E-state index contributed by atoms with van der Waals surface area (Å²) in [6.07, 6.45) is 4.38. The van der Waals surface area contributed by atoms with E-state index in [1.54, 1.807) is 26.4 Å². The molecular weight excluding hydrogens is 214 g/mol. The van der Waals surface area contributed by atoms with Gasteiger partial charge in [-0.3, -0.25) is 9.78 Å². The third kappa shape index (κ3) is 3.90. The Balaban J connectivity index is 2.79. The van der Waals surface area contributed by atoms with Gasteiger partial charge in [0.2, 0.25) is 0 Å². The van der Waals surface area contributed by atoms with Gasteiger partial charge >= 0.3 is 0 Å². The van der Waals surface area contributed by atoms with Crippen LogP contribution in [0.15, 0.2) is 31.0 Å². The van der Waals surface area contributed by atoms with Gasteiger partial charge in [-0.25, -0.2) is 0 Å². The van der Waals surface area contributed by atoms with Crippen LogP contribution in [0.2, 0.25) is 0 Å². The second kappa shape index (κ2) is 6.03. The topological polar surface area (TPSA) is 45.2 Å². The number of anilines is 1. The summed E-state index contributed by atoms with van der Waals surface area (Å²) in [6, 6.07) is 3.91. The number of carbonyl (C=O) groups is 1. The number of pyridine rings is 1. The molecule has 1 aromatic heterocycles. The van der Waals surface area contributed by atoms with Gasteiger partial charge in [0, 0.05) is 32.0 Å². The van der Waals surface area contributed by atoms with Gasteiger partial charge in [0.05, 0.1) is 0 Å². The minimum atomic E-state index is -0.0926. The molecule has 0 aliphatic carbocycles. The Hall–Kier alpha value is -1.84. The summed E-state index contributed by atoms with van der Waals surface area (Å²) in [5, 5.41) is 3.29. The van der Waals surface area contributed by atoms with Crippen molar-refractivity contribution < 1.29 is 4.79 Å². The van der Waals surface area contributed by atoms with Crippen LogP contribution in [0.3, 0.4) is 0 Å². The van der Waals surface area contributed by atoms with Gasteiger partial charge in [-0.05, 0) is 25.5 Å². The van der Waals surface area contributed by atoms with E-state index in [1.165, 1.54) is 4.90 Å². The molecule has 0 radical (unpaired) electrons. The number of amides is 1. The highest BCUT2D eigenvalue weighted by Crippen LogP contribution is 2.11. The molecule has 1 unspecified atom stereocenters. The van der Waals surface area contributed by atoms with E-state index in [-0.39, 0.29) is 11.9 Å². The van der Waals surface area contributed by atoms with E-state index in [4.69, 9.17) is 0 Å². The zero-order valence-corrected chi connectivity index (χ0v) is 10.6. The van der Waals surface area contributed by atoms with Crippen LogP contribution < -0.4 is 5.32 Å². The number of hydrogen-bond donors (Lipinski definition) is 1. The lowest BCUT2D eigenvalue weighted by Gasteiger charge is -2.14. The summed E-state index contributed by atoms with van der Waals surface area (Å²) in [5.74, 6) is -0.0926. The van der Waals surface area contributed by atoms with Crippen LogP contribution in [0.25, 0.3) is 0 Å². The first kappa shape index (κ1) is 13.2. The zero-order valence-electron chi connectivity index (χ0n) is 10.6. The monoisotopic (exact) mass is 233 g/mol. The lowest BCUT2D eigenvalue weighted by atomic mass is 10.2. The van der Waals surface area contributed by atoms with Crippen LogP contribution in [0, 0.1) is 0 Å². The summed E-state index contributed by atoms with van der Waals surface area (Å²) < 4.78 is 0. The van der Waals surface area contributed by atoms with Gasteiger partial charge in [0.25, 0.3) is 5.91 Å². The van der Waals surface area contributed by atoms with Crippen LogP contribution >= 0.6 is 0 Å². The first-order chi connectivity index (χ1) is 8.04. The van der Waals surface area contributed by atoms with Crippen LogP contribution in [0.5, 0.6) is 0 Å². The van der Waals surface area contributed by atoms with E-state index in [9.17, 15) is 4.79 Å². The fourth-order valence-electron chi connectivity index (χ4n) is 1.46. The van der Waals surface area contributed by atoms with Crippen molar-refractivity contribution in [2.45, 2.75) is 19.4 Å². The molecule has 1 amide bonds. The number of hydrogen-bond acceptors (Lipinski definition) is 3. The molecule has 0 saturated carbocycles. The Morgan fingerprint density at radius 1 is 1.65 bits per heavy atom. The molecule has 0 aliphatic heterocycles. The summed E-state index contributed by atoms with van der Waals surface area (Å²) in [6.45, 7) is 5.76. The molecule has 0 bridgehead atoms. The number of nitrogens with one attached hydrogen (secondary N) is 1. The molecule has 17 heavy (non-hydrogen) atoms. The predicted molar refractivity (Wildman–Crippen MR) is 70.2 cm³/mol. The minimum Gasteiger partial charge on any atom is -0.382 e. The third-order valence-electron chi connectivity index (χ3n) is 2.32. The SMILES string of the molecule is C=CCC(C)Nc1ccnc(C(=O)N(C)C)c1. The molecule has 0 spiro atoms. The maximum atomic E-state index is 11.7. The lowest BCUT2D eigenvalue weighted by molar-refractivity contribution is 0.0822. The number of rotatable bonds is 5. The van der Waals surface area contributed by atoms with Gasteiger partial charge in [-0.2, -0.15) is 0 Å². The van der Waals surface area contributed by atoms with E-state index >= 15 is 0 Å². The highest BCUT2D eigenvalue weighted by molar-refractivity contribution is 5.92. The van der Waals surface area contributed by atoms with Crippen molar-refractivity contribution in [3.63, 3.8) is 0 Å². The van der Waals surface area contributed by atoms with Gasteiger partial charge in [0.15, 0.2) is 0 Å². The molecule has 1 rings (SSSR count). The standard InChI is InChI=1S/C13H19N3O/c1-5-6-10(2)15-11-7-8-14-12(9-11)13(17)16(3)4/h5,7-10H,1,6H2,2-4H3,(H,14,15). The van der Waals surface area contributed by atoms with Crippen LogP contribution in [-0.4, -0.2) is 35.9 Å². The number of nitrogens with zero attached hydrogens (tertiary/aromatic N) is 2. The van der Waals surface area contributed by atoms with E-state index in [0.29, 0.717) is 5.69 Å². The molecule has 0 saturated heterocycles. The van der Waals surface area contributed by atoms with E-state index in [1.807, 2.05) is 12.1 Å².